The highest BCUT2D eigenvalue weighted by Crippen LogP contribution is 2.05. The molecule has 0 aliphatic heterocycles. The summed E-state index contributed by atoms with van der Waals surface area (Å²) in [5, 5.41) is 0. The van der Waals surface area contributed by atoms with Crippen LogP contribution >= 0.6 is 0 Å². The van der Waals surface area contributed by atoms with E-state index < -0.39 is 0 Å². The summed E-state index contributed by atoms with van der Waals surface area (Å²) >= 11 is 0. The maximum Gasteiger partial charge on any atom is 0.225 e. The highest BCUT2D eigenvalue weighted by Gasteiger charge is 2.18. The largest absolute Gasteiger partial charge is 0.288 e. The van der Waals surface area contributed by atoms with E-state index in [4.69, 9.17) is 0 Å². The molecule has 0 heterocycles. The van der Waals surface area contributed by atoms with Gasteiger partial charge >= 0.3 is 0 Å². The van der Waals surface area contributed by atoms with Gasteiger partial charge in [0.25, 0.3) is 0 Å². The van der Waals surface area contributed by atoms with Crippen LogP contribution in [0.3, 0.4) is 0 Å². The lowest BCUT2D eigenvalue weighted by Gasteiger charge is -2.24. The number of benzene rings is 1. The molecule has 0 aromatic heterocycles. The molecule has 112 valence electrons. The molecule has 3 nitrogen and oxygen atoms in total. The standard InChI is InChI=1S/C18H24N2O/c1-13(2)19-18(20(14(3)4)16(6)21)12-11-17-9-7-15(5)8-10-17/h7-10,13-14H,1-6H3. The van der Waals surface area contributed by atoms with Crippen LogP contribution < -0.4 is 0 Å². The molecule has 0 unspecified atom stereocenters. The van der Waals surface area contributed by atoms with Crippen molar-refractivity contribution in [2.75, 3.05) is 0 Å². The maximum atomic E-state index is 11.8. The first-order valence-corrected chi connectivity index (χ1v) is 7.27. The number of aryl methyl sites for hydroxylation is 1. The predicted molar refractivity (Wildman–Crippen MR) is 88.3 cm³/mol. The van der Waals surface area contributed by atoms with Gasteiger partial charge in [-0.2, -0.15) is 0 Å². The Hall–Kier alpha value is -2.08. The van der Waals surface area contributed by atoms with Crippen molar-refractivity contribution in [1.82, 2.24) is 4.90 Å². The fourth-order valence-corrected chi connectivity index (χ4v) is 1.92. The van der Waals surface area contributed by atoms with Crippen molar-refractivity contribution in [1.29, 1.82) is 0 Å². The monoisotopic (exact) mass is 284 g/mol. The number of amidine groups is 1. The molecular formula is C18H24N2O. The first kappa shape index (κ1) is 17.0. The van der Waals surface area contributed by atoms with Crippen LogP contribution in [-0.4, -0.2) is 28.7 Å². The normalized spacial score (nSPS) is 11.3. The minimum atomic E-state index is -0.0393. The summed E-state index contributed by atoms with van der Waals surface area (Å²) in [6.07, 6.45) is 0. The average Bonchev–Trinajstić information content (AvgIpc) is 2.36. The van der Waals surface area contributed by atoms with Crippen LogP contribution in [0.4, 0.5) is 0 Å². The number of aliphatic imine (C=N–C) groups is 1. The fraction of sp³-hybridized carbons (Fsp3) is 0.444. The Labute approximate surface area is 128 Å². The second kappa shape index (κ2) is 7.64. The Morgan fingerprint density at radius 3 is 2.14 bits per heavy atom. The zero-order chi connectivity index (χ0) is 16.0. The third kappa shape index (κ3) is 5.43. The minimum absolute atomic E-state index is 0.0346. The molecule has 0 bridgehead atoms. The number of hydrogen-bond acceptors (Lipinski definition) is 2. The van der Waals surface area contributed by atoms with Gasteiger partial charge in [0.05, 0.1) is 0 Å². The van der Waals surface area contributed by atoms with Crippen LogP contribution in [0.2, 0.25) is 0 Å². The third-order valence-corrected chi connectivity index (χ3v) is 2.83. The van der Waals surface area contributed by atoms with Gasteiger partial charge in [-0.15, -0.1) is 0 Å². The molecule has 3 heteroatoms. The van der Waals surface area contributed by atoms with Crippen LogP contribution in [0.15, 0.2) is 29.3 Å². The van der Waals surface area contributed by atoms with E-state index in [0.29, 0.717) is 5.84 Å². The van der Waals surface area contributed by atoms with E-state index in [0.717, 1.165) is 5.56 Å². The molecule has 21 heavy (non-hydrogen) atoms. The Kier molecular flexibility index (Phi) is 6.17. The van der Waals surface area contributed by atoms with Crippen molar-refractivity contribution in [2.45, 2.75) is 53.6 Å². The first-order valence-electron chi connectivity index (χ1n) is 7.27. The molecule has 0 spiro atoms. The quantitative estimate of drug-likeness (QED) is 0.465. The van der Waals surface area contributed by atoms with Crippen LogP contribution in [0.5, 0.6) is 0 Å². The summed E-state index contributed by atoms with van der Waals surface area (Å²) in [6, 6.07) is 8.12. The van der Waals surface area contributed by atoms with Crippen LogP contribution in [0, 0.1) is 18.8 Å². The van der Waals surface area contributed by atoms with E-state index in [1.54, 1.807) is 11.8 Å². The van der Waals surface area contributed by atoms with Gasteiger partial charge in [0, 0.05) is 24.6 Å². The van der Waals surface area contributed by atoms with Gasteiger partial charge in [0.1, 0.15) is 0 Å². The average molecular weight is 284 g/mol. The molecule has 0 saturated heterocycles. The maximum absolute atomic E-state index is 11.8. The van der Waals surface area contributed by atoms with Gasteiger partial charge in [0.15, 0.2) is 5.84 Å². The summed E-state index contributed by atoms with van der Waals surface area (Å²) in [5.74, 6) is 6.64. The number of amides is 1. The zero-order valence-corrected chi connectivity index (χ0v) is 13.8. The highest BCUT2D eigenvalue weighted by atomic mass is 16.2. The van der Waals surface area contributed by atoms with E-state index in [1.807, 2.05) is 58.9 Å². The molecule has 0 atom stereocenters. The van der Waals surface area contributed by atoms with Crippen molar-refractivity contribution in [3.8, 4) is 11.8 Å². The molecule has 0 radical (unpaired) electrons. The molecule has 0 aliphatic rings. The van der Waals surface area contributed by atoms with E-state index in [1.165, 1.54) is 5.56 Å². The van der Waals surface area contributed by atoms with Crippen molar-refractivity contribution in [3.63, 3.8) is 0 Å². The third-order valence-electron chi connectivity index (χ3n) is 2.83. The van der Waals surface area contributed by atoms with Crippen LogP contribution in [-0.2, 0) is 4.79 Å². The lowest BCUT2D eigenvalue weighted by atomic mass is 10.1. The molecule has 1 aromatic rings. The number of rotatable bonds is 2. The van der Waals surface area contributed by atoms with E-state index in [-0.39, 0.29) is 18.0 Å². The topological polar surface area (TPSA) is 32.7 Å². The summed E-state index contributed by atoms with van der Waals surface area (Å²) in [4.78, 5) is 18.0. The van der Waals surface area contributed by atoms with E-state index >= 15 is 0 Å². The minimum Gasteiger partial charge on any atom is -0.288 e. The van der Waals surface area contributed by atoms with Crippen molar-refractivity contribution in [2.24, 2.45) is 4.99 Å². The molecule has 0 fully saturated rings. The second-order valence-electron chi connectivity index (χ2n) is 5.65. The van der Waals surface area contributed by atoms with Crippen LogP contribution in [0.25, 0.3) is 0 Å². The first-order chi connectivity index (χ1) is 9.81. The predicted octanol–water partition coefficient (Wildman–Crippen LogP) is 3.41. The molecule has 0 aliphatic carbocycles. The van der Waals surface area contributed by atoms with Crippen molar-refractivity contribution < 1.29 is 4.79 Å². The number of hydrogen-bond donors (Lipinski definition) is 0. The number of nitrogens with zero attached hydrogens (tertiary/aromatic N) is 2. The van der Waals surface area contributed by atoms with E-state index in [2.05, 4.69) is 16.8 Å². The molecule has 1 amide bonds. The van der Waals surface area contributed by atoms with Crippen molar-refractivity contribution >= 4 is 11.7 Å². The summed E-state index contributed by atoms with van der Waals surface area (Å²) in [6.45, 7) is 11.5. The highest BCUT2D eigenvalue weighted by molar-refractivity contribution is 6.08. The smallest absolute Gasteiger partial charge is 0.225 e. The summed E-state index contributed by atoms with van der Waals surface area (Å²) in [7, 11) is 0. The molecule has 1 rings (SSSR count). The summed E-state index contributed by atoms with van der Waals surface area (Å²) < 4.78 is 0. The second-order valence-corrected chi connectivity index (χ2v) is 5.65. The molecular weight excluding hydrogens is 260 g/mol. The molecule has 0 N–H and O–H groups in total. The Morgan fingerprint density at radius 2 is 1.71 bits per heavy atom. The van der Waals surface area contributed by atoms with Crippen LogP contribution in [0.1, 0.15) is 45.7 Å². The molecule has 0 saturated carbocycles. The van der Waals surface area contributed by atoms with Crippen molar-refractivity contribution in [3.05, 3.63) is 35.4 Å². The molecule has 1 aromatic carbocycles. The van der Waals surface area contributed by atoms with Gasteiger partial charge in [-0.1, -0.05) is 23.6 Å². The zero-order valence-electron chi connectivity index (χ0n) is 13.8. The lowest BCUT2D eigenvalue weighted by Crippen LogP contribution is -2.40. The lowest BCUT2D eigenvalue weighted by molar-refractivity contribution is -0.126. The number of carbonyl (C=O) groups excluding carboxylic acids is 1. The van der Waals surface area contributed by atoms with Gasteiger partial charge in [-0.05, 0) is 52.7 Å². The Morgan fingerprint density at radius 1 is 1.14 bits per heavy atom. The fourth-order valence-electron chi connectivity index (χ4n) is 1.92. The van der Waals surface area contributed by atoms with Gasteiger partial charge in [-0.25, -0.2) is 0 Å². The number of carbonyl (C=O) groups is 1. The summed E-state index contributed by atoms with van der Waals surface area (Å²) in [5.41, 5.74) is 2.12. The Bertz CT molecular complexity index is 571. The Balaban J connectivity index is 3.16. The van der Waals surface area contributed by atoms with E-state index in [9.17, 15) is 4.79 Å². The van der Waals surface area contributed by atoms with Gasteiger partial charge < -0.3 is 0 Å². The van der Waals surface area contributed by atoms with Gasteiger partial charge in [-0.3, -0.25) is 14.7 Å². The van der Waals surface area contributed by atoms with Gasteiger partial charge in [0.2, 0.25) is 5.91 Å². The SMILES string of the molecule is CC(=O)N(C(C#Cc1ccc(C)cc1)=NC(C)C)C(C)C.